The number of nitrogens with zero attached hydrogens (tertiary/aromatic N) is 1. The van der Waals surface area contributed by atoms with Crippen molar-refractivity contribution in [1.82, 2.24) is 15.5 Å². The van der Waals surface area contributed by atoms with Crippen LogP contribution in [0.25, 0.3) is 10.1 Å². The van der Waals surface area contributed by atoms with Gasteiger partial charge >= 0.3 is 0 Å². The highest BCUT2D eigenvalue weighted by atomic mass is 35.5. The first-order valence-electron chi connectivity index (χ1n) is 10.8. The first-order chi connectivity index (χ1) is 16.4. The molecule has 0 atom stereocenters. The molecule has 0 aliphatic carbocycles. The maximum atomic E-state index is 12.7. The van der Waals surface area contributed by atoms with Gasteiger partial charge in [0.25, 0.3) is 11.8 Å². The number of amides is 2. The van der Waals surface area contributed by atoms with Crippen molar-refractivity contribution in [2.75, 3.05) is 38.6 Å². The summed E-state index contributed by atoms with van der Waals surface area (Å²) in [7, 11) is 1.58. The monoisotopic (exact) mass is 518 g/mol. The molecule has 1 aromatic heterocycles. The van der Waals surface area contributed by atoms with E-state index in [4.69, 9.17) is 28.6 Å². The van der Waals surface area contributed by atoms with Crippen LogP contribution < -0.4 is 20.7 Å². The van der Waals surface area contributed by atoms with Gasteiger partial charge in [-0.2, -0.15) is 0 Å². The van der Waals surface area contributed by atoms with Crippen LogP contribution in [0.3, 0.4) is 0 Å². The van der Waals surface area contributed by atoms with E-state index in [1.807, 2.05) is 12.1 Å². The molecule has 0 aliphatic rings. The first kappa shape index (κ1) is 25.9. The molecular weight excluding hydrogens is 492 g/mol. The second-order valence-electron chi connectivity index (χ2n) is 7.38. The summed E-state index contributed by atoms with van der Waals surface area (Å²) in [4.78, 5) is 27.7. The molecule has 180 valence electrons. The van der Waals surface area contributed by atoms with Crippen LogP contribution in [0.2, 0.25) is 5.02 Å². The van der Waals surface area contributed by atoms with Gasteiger partial charge in [-0.15, -0.1) is 11.3 Å². The van der Waals surface area contributed by atoms with Gasteiger partial charge in [0.1, 0.15) is 10.6 Å². The second-order valence-corrected chi connectivity index (χ2v) is 9.21. The van der Waals surface area contributed by atoms with Crippen molar-refractivity contribution < 1.29 is 14.3 Å². The number of hydrogen-bond donors (Lipinski definition) is 3. The van der Waals surface area contributed by atoms with Gasteiger partial charge in [0.05, 0.1) is 12.1 Å². The lowest BCUT2D eigenvalue weighted by molar-refractivity contribution is 0.0947. The van der Waals surface area contributed by atoms with Crippen LogP contribution in [0.5, 0.6) is 5.75 Å². The number of fused-ring (bicyclic) bond motifs is 1. The molecule has 7 nitrogen and oxygen atoms in total. The van der Waals surface area contributed by atoms with Crippen LogP contribution in [0, 0.1) is 0 Å². The molecule has 0 radical (unpaired) electrons. The number of thiophene rings is 1. The number of rotatable bonds is 9. The van der Waals surface area contributed by atoms with Gasteiger partial charge < -0.3 is 20.3 Å². The lowest BCUT2D eigenvalue weighted by Crippen LogP contribution is -2.35. The van der Waals surface area contributed by atoms with E-state index < -0.39 is 5.91 Å². The maximum absolute atomic E-state index is 12.7. The van der Waals surface area contributed by atoms with Crippen LogP contribution in [0.4, 0.5) is 5.69 Å². The fourth-order valence-corrected chi connectivity index (χ4v) is 4.97. The lowest BCUT2D eigenvalue weighted by atomic mass is 10.2. The van der Waals surface area contributed by atoms with Crippen molar-refractivity contribution in [2.24, 2.45) is 0 Å². The predicted octanol–water partition coefficient (Wildman–Crippen LogP) is 4.76. The second kappa shape index (κ2) is 12.1. The van der Waals surface area contributed by atoms with Gasteiger partial charge in [-0.3, -0.25) is 14.9 Å². The van der Waals surface area contributed by atoms with Crippen LogP contribution in [-0.4, -0.2) is 55.1 Å². The highest BCUT2D eigenvalue weighted by Gasteiger charge is 2.18. The number of carbonyl (C=O) groups is 2. The van der Waals surface area contributed by atoms with Crippen LogP contribution in [0.1, 0.15) is 33.9 Å². The summed E-state index contributed by atoms with van der Waals surface area (Å²) in [5.74, 6) is 0.160. The Kier molecular flexibility index (Phi) is 9.23. The number of nitrogens with one attached hydrogen (secondary N) is 3. The van der Waals surface area contributed by atoms with E-state index in [9.17, 15) is 9.59 Å². The predicted molar refractivity (Wildman–Crippen MR) is 144 cm³/mol. The number of thiocarbonyl (C=S) groups is 1. The molecule has 0 spiro atoms. The number of likely N-dealkylation sites (N-methyl/N-ethyl adjacent to an activating group) is 1. The van der Waals surface area contributed by atoms with Gasteiger partial charge in [0, 0.05) is 34.4 Å². The Morgan fingerprint density at radius 2 is 1.79 bits per heavy atom. The smallest absolute Gasteiger partial charge is 0.269 e. The zero-order chi connectivity index (χ0) is 24.7. The zero-order valence-corrected chi connectivity index (χ0v) is 21.6. The number of anilines is 1. The third kappa shape index (κ3) is 6.44. The van der Waals surface area contributed by atoms with Crippen molar-refractivity contribution in [2.45, 2.75) is 13.8 Å². The largest absolute Gasteiger partial charge is 0.497 e. The molecule has 1 heterocycles. The standard InChI is InChI=1S/C24H27ClN4O3S2/c1-4-29(5-2)13-12-26-22(30)15-6-8-16(9-7-15)27-24(33)28-23(31)21-20(25)18-11-10-17(32-3)14-19(18)34-21/h6-11,14H,4-5,12-13H2,1-3H3,(H,26,30)(H2,27,28,31,33). The normalized spacial score (nSPS) is 10.9. The molecule has 34 heavy (non-hydrogen) atoms. The van der Waals surface area contributed by atoms with Gasteiger partial charge in [-0.05, 0) is 67.8 Å². The third-order valence-electron chi connectivity index (χ3n) is 5.28. The van der Waals surface area contributed by atoms with Crippen LogP contribution >= 0.6 is 35.2 Å². The Bertz CT molecular complexity index is 1180. The van der Waals surface area contributed by atoms with Crippen molar-refractivity contribution >= 4 is 67.9 Å². The highest BCUT2D eigenvalue weighted by Crippen LogP contribution is 2.37. The summed E-state index contributed by atoms with van der Waals surface area (Å²) in [5, 5.41) is 9.82. The molecule has 0 saturated carbocycles. The summed E-state index contributed by atoms with van der Waals surface area (Å²) in [5.41, 5.74) is 1.20. The fraction of sp³-hybridized carbons (Fsp3) is 0.292. The van der Waals surface area contributed by atoms with E-state index in [2.05, 4.69) is 34.7 Å². The summed E-state index contributed by atoms with van der Waals surface area (Å²) >= 11 is 13.0. The zero-order valence-electron chi connectivity index (χ0n) is 19.2. The van der Waals surface area contributed by atoms with Crippen molar-refractivity contribution in [1.29, 1.82) is 0 Å². The van der Waals surface area contributed by atoms with Gasteiger partial charge in [-0.25, -0.2) is 0 Å². The highest BCUT2D eigenvalue weighted by molar-refractivity contribution is 7.80. The topological polar surface area (TPSA) is 82.7 Å². The SMILES string of the molecule is CCN(CC)CCNC(=O)c1ccc(NC(=S)NC(=O)c2sc3cc(OC)ccc3c2Cl)cc1. The van der Waals surface area contributed by atoms with Crippen LogP contribution in [-0.2, 0) is 0 Å². The lowest BCUT2D eigenvalue weighted by Gasteiger charge is -2.18. The molecule has 3 aromatic rings. The van der Waals surface area contributed by atoms with Crippen molar-refractivity contribution in [3.8, 4) is 5.75 Å². The summed E-state index contributed by atoms with van der Waals surface area (Å²) in [6.45, 7) is 7.49. The van der Waals surface area contributed by atoms with E-state index in [0.717, 1.165) is 29.7 Å². The molecule has 10 heteroatoms. The van der Waals surface area contributed by atoms with E-state index in [1.54, 1.807) is 37.4 Å². The Morgan fingerprint density at radius 1 is 1.09 bits per heavy atom. The molecule has 2 amide bonds. The molecule has 0 fully saturated rings. The molecular formula is C24H27ClN4O3S2. The van der Waals surface area contributed by atoms with E-state index in [0.29, 0.717) is 33.4 Å². The maximum Gasteiger partial charge on any atom is 0.269 e. The molecule has 0 bridgehead atoms. The third-order valence-corrected chi connectivity index (χ3v) is 7.14. The number of hydrogen-bond acceptors (Lipinski definition) is 6. The molecule has 2 aromatic carbocycles. The van der Waals surface area contributed by atoms with Crippen molar-refractivity contribution in [3.63, 3.8) is 0 Å². The first-order valence-corrected chi connectivity index (χ1v) is 12.5. The van der Waals surface area contributed by atoms with E-state index in [1.165, 1.54) is 11.3 Å². The summed E-state index contributed by atoms with van der Waals surface area (Å²) in [6.07, 6.45) is 0. The number of methoxy groups -OCH3 is 1. The minimum Gasteiger partial charge on any atom is -0.497 e. The van der Waals surface area contributed by atoms with E-state index in [-0.39, 0.29) is 11.0 Å². The average Bonchev–Trinajstić information content (AvgIpc) is 3.17. The minimum atomic E-state index is -0.396. The Morgan fingerprint density at radius 3 is 2.44 bits per heavy atom. The number of ether oxygens (including phenoxy) is 1. The number of halogens is 1. The molecule has 0 unspecified atom stereocenters. The van der Waals surface area contributed by atoms with Gasteiger partial charge in [0.2, 0.25) is 0 Å². The molecule has 0 saturated heterocycles. The molecule has 3 rings (SSSR count). The minimum absolute atomic E-state index is 0.132. The number of carbonyl (C=O) groups excluding carboxylic acids is 2. The number of benzene rings is 2. The Balaban J connectivity index is 1.55. The Hall–Kier alpha value is -2.72. The Labute approximate surface area is 213 Å². The summed E-state index contributed by atoms with van der Waals surface area (Å²) in [6, 6.07) is 12.3. The fourth-order valence-electron chi connectivity index (χ4n) is 3.32. The van der Waals surface area contributed by atoms with Gasteiger partial charge in [-0.1, -0.05) is 25.4 Å². The van der Waals surface area contributed by atoms with Crippen molar-refractivity contribution in [3.05, 3.63) is 57.9 Å². The molecule has 3 N–H and O–H groups in total. The molecule has 0 aliphatic heterocycles. The average molecular weight is 519 g/mol. The van der Waals surface area contributed by atoms with Gasteiger partial charge in [0.15, 0.2) is 5.11 Å². The van der Waals surface area contributed by atoms with E-state index >= 15 is 0 Å². The van der Waals surface area contributed by atoms with Crippen LogP contribution in [0.15, 0.2) is 42.5 Å². The quantitative estimate of drug-likeness (QED) is 0.354. The summed E-state index contributed by atoms with van der Waals surface area (Å²) < 4.78 is 6.08.